The van der Waals surface area contributed by atoms with Crippen molar-refractivity contribution in [1.29, 1.82) is 5.26 Å². The van der Waals surface area contributed by atoms with Crippen molar-refractivity contribution < 1.29 is 9.59 Å². The average molecular weight is 465 g/mol. The Morgan fingerprint density at radius 2 is 1.66 bits per heavy atom. The molecule has 0 spiro atoms. The van der Waals surface area contributed by atoms with Crippen molar-refractivity contribution in [2.24, 2.45) is 5.92 Å². The molecule has 2 aliphatic rings. The molecule has 1 aliphatic carbocycles. The molecule has 1 heterocycles. The van der Waals surface area contributed by atoms with E-state index < -0.39 is 0 Å². The van der Waals surface area contributed by atoms with Crippen molar-refractivity contribution in [2.45, 2.75) is 19.4 Å². The van der Waals surface area contributed by atoms with Gasteiger partial charge in [0.05, 0.1) is 11.6 Å². The first-order chi connectivity index (χ1) is 17.1. The number of nitrogens with zero attached hydrogens (tertiary/aromatic N) is 3. The van der Waals surface area contributed by atoms with Gasteiger partial charge in [-0.1, -0.05) is 36.4 Å². The highest BCUT2D eigenvalue weighted by molar-refractivity contribution is 6.06. The summed E-state index contributed by atoms with van der Waals surface area (Å²) in [5.74, 6) is 0.415. The molecular formula is C29H28N4O2. The number of hydrogen-bond donors (Lipinski definition) is 1. The number of para-hydroxylation sites is 1. The lowest BCUT2D eigenvalue weighted by atomic mass is 10.0. The molecule has 6 nitrogen and oxygen atoms in total. The van der Waals surface area contributed by atoms with Crippen molar-refractivity contribution in [3.05, 3.63) is 89.5 Å². The number of nitriles is 1. The molecule has 0 aromatic heterocycles. The van der Waals surface area contributed by atoms with Crippen LogP contribution in [0.1, 0.15) is 34.3 Å². The average Bonchev–Trinajstić information content (AvgIpc) is 3.75. The SMILES string of the molecule is N#Cc1ccc(C(=O)Nc2ccccc2-c2cccc(CN3CCN(C(=O)C4CC4)CC3)c2)cc1. The highest BCUT2D eigenvalue weighted by Crippen LogP contribution is 2.32. The van der Waals surface area contributed by atoms with Gasteiger partial charge in [-0.15, -0.1) is 0 Å². The van der Waals surface area contributed by atoms with E-state index in [1.54, 1.807) is 24.3 Å². The van der Waals surface area contributed by atoms with E-state index in [1.165, 1.54) is 5.56 Å². The van der Waals surface area contributed by atoms with Crippen LogP contribution in [0.15, 0.2) is 72.8 Å². The second kappa shape index (κ2) is 10.1. The fraction of sp³-hybridized carbons (Fsp3) is 0.276. The number of amides is 2. The Kier molecular flexibility index (Phi) is 6.60. The number of carbonyl (C=O) groups excluding carboxylic acids is 2. The molecule has 2 amide bonds. The zero-order valence-electron chi connectivity index (χ0n) is 19.6. The van der Waals surface area contributed by atoms with Crippen LogP contribution in [0.2, 0.25) is 0 Å². The molecule has 3 aromatic carbocycles. The van der Waals surface area contributed by atoms with Gasteiger partial charge in [0.2, 0.25) is 5.91 Å². The van der Waals surface area contributed by atoms with Crippen LogP contribution in [0, 0.1) is 17.2 Å². The first kappa shape index (κ1) is 22.8. The van der Waals surface area contributed by atoms with Gasteiger partial charge in [0.15, 0.2) is 0 Å². The second-order valence-electron chi connectivity index (χ2n) is 9.26. The van der Waals surface area contributed by atoms with Crippen molar-refractivity contribution in [3.63, 3.8) is 0 Å². The van der Waals surface area contributed by atoms with Crippen LogP contribution in [0.25, 0.3) is 11.1 Å². The molecule has 6 heteroatoms. The zero-order chi connectivity index (χ0) is 24.2. The molecule has 35 heavy (non-hydrogen) atoms. The fourth-order valence-electron chi connectivity index (χ4n) is 4.54. The summed E-state index contributed by atoms with van der Waals surface area (Å²) in [5.41, 5.74) is 4.97. The summed E-state index contributed by atoms with van der Waals surface area (Å²) < 4.78 is 0. The number of hydrogen-bond acceptors (Lipinski definition) is 4. The Balaban J connectivity index is 1.26. The molecule has 1 saturated heterocycles. The van der Waals surface area contributed by atoms with Gasteiger partial charge in [0.25, 0.3) is 5.91 Å². The van der Waals surface area contributed by atoms with Gasteiger partial charge in [-0.05, 0) is 60.4 Å². The van der Waals surface area contributed by atoms with Crippen LogP contribution >= 0.6 is 0 Å². The van der Waals surface area contributed by atoms with Gasteiger partial charge in [0, 0.05) is 55.5 Å². The molecule has 0 atom stereocenters. The van der Waals surface area contributed by atoms with Crippen LogP contribution in [0.3, 0.4) is 0 Å². The number of nitrogens with one attached hydrogen (secondary N) is 1. The number of benzene rings is 3. The molecule has 0 radical (unpaired) electrons. The summed E-state index contributed by atoms with van der Waals surface area (Å²) in [6.45, 7) is 4.22. The minimum Gasteiger partial charge on any atom is -0.340 e. The lowest BCUT2D eigenvalue weighted by Gasteiger charge is -2.35. The molecule has 2 fully saturated rings. The Morgan fingerprint density at radius 3 is 2.37 bits per heavy atom. The molecule has 0 bridgehead atoms. The van der Waals surface area contributed by atoms with E-state index in [0.29, 0.717) is 17.0 Å². The Bertz CT molecular complexity index is 1270. The molecule has 1 N–H and O–H groups in total. The van der Waals surface area contributed by atoms with Gasteiger partial charge in [-0.2, -0.15) is 5.26 Å². The summed E-state index contributed by atoms with van der Waals surface area (Å²) in [6, 6.07) is 24.9. The van der Waals surface area contributed by atoms with Crippen LogP contribution < -0.4 is 5.32 Å². The van der Waals surface area contributed by atoms with Gasteiger partial charge < -0.3 is 10.2 Å². The summed E-state index contributed by atoms with van der Waals surface area (Å²) in [5, 5.41) is 12.0. The number of piperazine rings is 1. The predicted molar refractivity (Wildman–Crippen MR) is 136 cm³/mol. The summed E-state index contributed by atoms with van der Waals surface area (Å²) >= 11 is 0. The van der Waals surface area contributed by atoms with Crippen LogP contribution in [-0.4, -0.2) is 47.8 Å². The minimum atomic E-state index is -0.211. The third-order valence-electron chi connectivity index (χ3n) is 6.71. The number of anilines is 1. The van der Waals surface area contributed by atoms with Gasteiger partial charge >= 0.3 is 0 Å². The number of rotatable bonds is 6. The summed E-state index contributed by atoms with van der Waals surface area (Å²) in [4.78, 5) is 29.6. The van der Waals surface area contributed by atoms with E-state index >= 15 is 0 Å². The van der Waals surface area contributed by atoms with Crippen molar-refractivity contribution >= 4 is 17.5 Å². The van der Waals surface area contributed by atoms with E-state index in [2.05, 4.69) is 40.6 Å². The standard InChI is InChI=1S/C29H28N4O2/c30-19-21-8-10-23(11-9-21)28(34)31-27-7-2-1-6-26(27)25-5-3-4-22(18-25)20-32-14-16-33(17-15-32)29(35)24-12-13-24/h1-11,18,24H,12-17,20H2,(H,31,34). The van der Waals surface area contributed by atoms with Crippen molar-refractivity contribution in [2.75, 3.05) is 31.5 Å². The van der Waals surface area contributed by atoms with E-state index in [4.69, 9.17) is 5.26 Å². The lowest BCUT2D eigenvalue weighted by molar-refractivity contribution is -0.134. The normalized spacial score (nSPS) is 15.9. The first-order valence-electron chi connectivity index (χ1n) is 12.1. The maximum Gasteiger partial charge on any atom is 0.255 e. The Hall–Kier alpha value is -3.95. The zero-order valence-corrected chi connectivity index (χ0v) is 19.6. The molecule has 0 unspecified atom stereocenters. The third kappa shape index (κ3) is 5.42. The summed E-state index contributed by atoms with van der Waals surface area (Å²) in [6.07, 6.45) is 2.11. The highest BCUT2D eigenvalue weighted by Gasteiger charge is 2.34. The minimum absolute atomic E-state index is 0.211. The lowest BCUT2D eigenvalue weighted by Crippen LogP contribution is -2.48. The van der Waals surface area contributed by atoms with Crippen molar-refractivity contribution in [3.8, 4) is 17.2 Å². The van der Waals surface area contributed by atoms with E-state index in [9.17, 15) is 9.59 Å². The van der Waals surface area contributed by atoms with Crippen LogP contribution in [0.4, 0.5) is 5.69 Å². The molecule has 5 rings (SSSR count). The monoisotopic (exact) mass is 464 g/mol. The summed E-state index contributed by atoms with van der Waals surface area (Å²) in [7, 11) is 0. The molecule has 1 aliphatic heterocycles. The number of carbonyl (C=O) groups is 2. The Labute approximate surface area is 205 Å². The second-order valence-corrected chi connectivity index (χ2v) is 9.26. The quantitative estimate of drug-likeness (QED) is 0.581. The largest absolute Gasteiger partial charge is 0.340 e. The maximum atomic E-state index is 12.8. The fourth-order valence-corrected chi connectivity index (χ4v) is 4.54. The Morgan fingerprint density at radius 1 is 0.914 bits per heavy atom. The first-order valence-corrected chi connectivity index (χ1v) is 12.1. The highest BCUT2D eigenvalue weighted by atomic mass is 16.2. The molecule has 3 aromatic rings. The van der Waals surface area contributed by atoms with E-state index in [1.807, 2.05) is 29.2 Å². The maximum absolute atomic E-state index is 12.8. The van der Waals surface area contributed by atoms with Gasteiger partial charge in [0.1, 0.15) is 0 Å². The molecule has 176 valence electrons. The van der Waals surface area contributed by atoms with Crippen LogP contribution in [-0.2, 0) is 11.3 Å². The van der Waals surface area contributed by atoms with E-state index in [0.717, 1.165) is 62.4 Å². The van der Waals surface area contributed by atoms with Crippen molar-refractivity contribution in [1.82, 2.24) is 9.80 Å². The smallest absolute Gasteiger partial charge is 0.255 e. The predicted octanol–water partition coefficient (Wildman–Crippen LogP) is 4.53. The molecule has 1 saturated carbocycles. The topological polar surface area (TPSA) is 76.4 Å². The van der Waals surface area contributed by atoms with E-state index in [-0.39, 0.29) is 11.8 Å². The third-order valence-corrected chi connectivity index (χ3v) is 6.71. The van der Waals surface area contributed by atoms with Gasteiger partial charge in [-0.25, -0.2) is 0 Å². The van der Waals surface area contributed by atoms with Gasteiger partial charge in [-0.3, -0.25) is 14.5 Å². The molecular weight excluding hydrogens is 436 g/mol. The van der Waals surface area contributed by atoms with Crippen LogP contribution in [0.5, 0.6) is 0 Å².